The molecule has 1 N–H and O–H groups in total. The highest BCUT2D eigenvalue weighted by Crippen LogP contribution is 2.27. The van der Waals surface area contributed by atoms with Crippen molar-refractivity contribution in [2.75, 3.05) is 24.5 Å². The molecule has 1 amide bonds. The summed E-state index contributed by atoms with van der Waals surface area (Å²) >= 11 is 0. The van der Waals surface area contributed by atoms with Crippen molar-refractivity contribution in [1.29, 1.82) is 0 Å². The van der Waals surface area contributed by atoms with E-state index in [-0.39, 0.29) is 24.9 Å². The topological polar surface area (TPSA) is 60.9 Å². The van der Waals surface area contributed by atoms with Crippen molar-refractivity contribution in [3.63, 3.8) is 0 Å². The Hall–Kier alpha value is -2.04. The normalized spacial score (nSPS) is 13.4. The van der Waals surface area contributed by atoms with E-state index < -0.39 is 5.97 Å². The summed E-state index contributed by atoms with van der Waals surface area (Å²) in [5, 5.41) is 8.79. The molecule has 0 spiro atoms. The van der Waals surface area contributed by atoms with Gasteiger partial charge in [0, 0.05) is 24.8 Å². The van der Waals surface area contributed by atoms with Crippen LogP contribution in [-0.4, -0.2) is 47.6 Å². The Morgan fingerprint density at radius 3 is 2.71 bits per heavy atom. The van der Waals surface area contributed by atoms with Gasteiger partial charge in [-0.25, -0.2) is 0 Å². The minimum Gasteiger partial charge on any atom is -0.481 e. The maximum Gasteiger partial charge on any atom is 0.305 e. The second-order valence-electron chi connectivity index (χ2n) is 5.62. The van der Waals surface area contributed by atoms with Crippen LogP contribution in [0, 0.1) is 0 Å². The SMILES string of the molecule is CC(C)N(CCC(=O)O)C(=O)CN1CCc2ccccc21. The monoisotopic (exact) mass is 290 g/mol. The van der Waals surface area contributed by atoms with Crippen LogP contribution in [-0.2, 0) is 16.0 Å². The van der Waals surface area contributed by atoms with Gasteiger partial charge >= 0.3 is 5.97 Å². The third kappa shape index (κ3) is 3.74. The van der Waals surface area contributed by atoms with Crippen LogP contribution in [0.3, 0.4) is 0 Å². The van der Waals surface area contributed by atoms with Crippen LogP contribution in [0.4, 0.5) is 5.69 Å². The van der Waals surface area contributed by atoms with E-state index in [2.05, 4.69) is 11.0 Å². The van der Waals surface area contributed by atoms with E-state index in [1.807, 2.05) is 32.0 Å². The van der Waals surface area contributed by atoms with E-state index in [1.54, 1.807) is 4.90 Å². The van der Waals surface area contributed by atoms with Gasteiger partial charge in [0.05, 0.1) is 13.0 Å². The smallest absolute Gasteiger partial charge is 0.305 e. The molecular formula is C16H22N2O3. The molecular weight excluding hydrogens is 268 g/mol. The minimum absolute atomic E-state index is 0.00898. The number of carbonyl (C=O) groups is 2. The first kappa shape index (κ1) is 15.4. The molecule has 0 aromatic heterocycles. The van der Waals surface area contributed by atoms with Crippen molar-refractivity contribution in [1.82, 2.24) is 4.90 Å². The molecule has 0 unspecified atom stereocenters. The number of hydrogen-bond acceptors (Lipinski definition) is 3. The lowest BCUT2D eigenvalue weighted by molar-refractivity contribution is -0.138. The number of benzene rings is 1. The maximum absolute atomic E-state index is 12.5. The van der Waals surface area contributed by atoms with E-state index in [0.29, 0.717) is 6.54 Å². The van der Waals surface area contributed by atoms with Crippen molar-refractivity contribution in [2.24, 2.45) is 0 Å². The molecule has 5 nitrogen and oxygen atoms in total. The van der Waals surface area contributed by atoms with Gasteiger partial charge in [-0.1, -0.05) is 18.2 Å². The van der Waals surface area contributed by atoms with Gasteiger partial charge in [0.2, 0.25) is 5.91 Å². The number of carbonyl (C=O) groups excluding carboxylic acids is 1. The Kier molecular flexibility index (Phi) is 4.83. The molecule has 21 heavy (non-hydrogen) atoms. The summed E-state index contributed by atoms with van der Waals surface area (Å²) in [7, 11) is 0. The molecule has 2 rings (SSSR count). The van der Waals surface area contributed by atoms with Crippen LogP contribution < -0.4 is 4.90 Å². The molecule has 114 valence electrons. The van der Waals surface area contributed by atoms with Gasteiger partial charge in [0.1, 0.15) is 0 Å². The highest BCUT2D eigenvalue weighted by molar-refractivity contribution is 5.83. The van der Waals surface area contributed by atoms with Gasteiger partial charge in [-0.2, -0.15) is 0 Å². The van der Waals surface area contributed by atoms with Gasteiger partial charge in [-0.05, 0) is 31.9 Å². The second-order valence-corrected chi connectivity index (χ2v) is 5.62. The fourth-order valence-corrected chi connectivity index (χ4v) is 2.71. The van der Waals surface area contributed by atoms with Crippen molar-refractivity contribution in [3.05, 3.63) is 29.8 Å². The van der Waals surface area contributed by atoms with E-state index in [4.69, 9.17) is 5.11 Å². The van der Waals surface area contributed by atoms with Crippen LogP contribution in [0.15, 0.2) is 24.3 Å². The Morgan fingerprint density at radius 1 is 1.33 bits per heavy atom. The first-order chi connectivity index (χ1) is 9.99. The van der Waals surface area contributed by atoms with Gasteiger partial charge in [0.15, 0.2) is 0 Å². The van der Waals surface area contributed by atoms with E-state index in [9.17, 15) is 9.59 Å². The highest BCUT2D eigenvalue weighted by Gasteiger charge is 2.24. The van der Waals surface area contributed by atoms with Crippen LogP contribution in [0.25, 0.3) is 0 Å². The standard InChI is InChI=1S/C16H22N2O3/c1-12(2)18(10-8-16(20)21)15(19)11-17-9-7-13-5-3-4-6-14(13)17/h3-6,12H,7-11H2,1-2H3,(H,20,21). The molecule has 1 aromatic rings. The number of hydrogen-bond donors (Lipinski definition) is 1. The Bertz CT molecular complexity index is 528. The second kappa shape index (κ2) is 6.61. The van der Waals surface area contributed by atoms with Crippen molar-refractivity contribution >= 4 is 17.6 Å². The molecule has 0 radical (unpaired) electrons. The highest BCUT2D eigenvalue weighted by atomic mass is 16.4. The molecule has 1 aromatic carbocycles. The zero-order chi connectivity index (χ0) is 15.4. The first-order valence-corrected chi connectivity index (χ1v) is 7.33. The average molecular weight is 290 g/mol. The van der Waals surface area contributed by atoms with Gasteiger partial charge in [-0.3, -0.25) is 9.59 Å². The van der Waals surface area contributed by atoms with Crippen molar-refractivity contribution in [2.45, 2.75) is 32.7 Å². The zero-order valence-electron chi connectivity index (χ0n) is 12.6. The summed E-state index contributed by atoms with van der Waals surface area (Å²) in [4.78, 5) is 26.9. The molecule has 1 heterocycles. The van der Waals surface area contributed by atoms with E-state index >= 15 is 0 Å². The van der Waals surface area contributed by atoms with Crippen LogP contribution in [0.1, 0.15) is 25.8 Å². The Balaban J connectivity index is 2.01. The van der Waals surface area contributed by atoms with Crippen molar-refractivity contribution in [3.8, 4) is 0 Å². The summed E-state index contributed by atoms with van der Waals surface area (Å²) in [5.74, 6) is -0.886. The maximum atomic E-state index is 12.5. The molecule has 0 saturated carbocycles. The van der Waals surface area contributed by atoms with Gasteiger partial charge in [0.25, 0.3) is 0 Å². The van der Waals surface area contributed by atoms with Crippen LogP contribution in [0.2, 0.25) is 0 Å². The predicted octanol–water partition coefficient (Wildman–Crippen LogP) is 1.76. The molecule has 0 aliphatic carbocycles. The number of nitrogens with zero attached hydrogens (tertiary/aromatic N) is 2. The number of anilines is 1. The van der Waals surface area contributed by atoms with Crippen molar-refractivity contribution < 1.29 is 14.7 Å². The molecule has 5 heteroatoms. The number of amides is 1. The van der Waals surface area contributed by atoms with E-state index in [1.165, 1.54) is 5.56 Å². The Morgan fingerprint density at radius 2 is 2.05 bits per heavy atom. The summed E-state index contributed by atoms with van der Waals surface area (Å²) in [6, 6.07) is 8.12. The fraction of sp³-hybridized carbons (Fsp3) is 0.500. The molecule has 0 fully saturated rings. The van der Waals surface area contributed by atoms with Gasteiger partial charge < -0.3 is 14.9 Å². The zero-order valence-corrected chi connectivity index (χ0v) is 12.6. The fourth-order valence-electron chi connectivity index (χ4n) is 2.71. The number of carboxylic acid groups (broad SMARTS) is 1. The number of fused-ring (bicyclic) bond motifs is 1. The van der Waals surface area contributed by atoms with Gasteiger partial charge in [-0.15, -0.1) is 0 Å². The number of aliphatic carboxylic acids is 1. The summed E-state index contributed by atoms with van der Waals surface area (Å²) in [6.45, 7) is 5.25. The minimum atomic E-state index is -0.875. The molecule has 0 saturated heterocycles. The summed E-state index contributed by atoms with van der Waals surface area (Å²) < 4.78 is 0. The molecule has 1 aliphatic rings. The van der Waals surface area contributed by atoms with E-state index in [0.717, 1.165) is 18.7 Å². The predicted molar refractivity (Wildman–Crippen MR) is 81.5 cm³/mol. The van der Waals surface area contributed by atoms with Crippen LogP contribution >= 0.6 is 0 Å². The Labute approximate surface area is 125 Å². The number of para-hydroxylation sites is 1. The lowest BCUT2D eigenvalue weighted by Gasteiger charge is -2.29. The third-order valence-corrected chi connectivity index (χ3v) is 3.82. The summed E-state index contributed by atoms with van der Waals surface area (Å²) in [5.41, 5.74) is 2.39. The number of carboxylic acids is 1. The molecule has 1 aliphatic heterocycles. The summed E-state index contributed by atoms with van der Waals surface area (Å²) in [6.07, 6.45) is 0.945. The lowest BCUT2D eigenvalue weighted by atomic mass is 10.2. The lowest BCUT2D eigenvalue weighted by Crippen LogP contribution is -2.44. The third-order valence-electron chi connectivity index (χ3n) is 3.82. The average Bonchev–Trinajstić information content (AvgIpc) is 2.82. The first-order valence-electron chi connectivity index (χ1n) is 7.33. The largest absolute Gasteiger partial charge is 0.481 e. The number of rotatable bonds is 6. The molecule has 0 bridgehead atoms. The van der Waals surface area contributed by atoms with Crippen LogP contribution in [0.5, 0.6) is 0 Å². The quantitative estimate of drug-likeness (QED) is 0.867. The molecule has 0 atom stereocenters.